The van der Waals surface area contributed by atoms with E-state index < -0.39 is 5.97 Å². The highest BCUT2D eigenvalue weighted by Gasteiger charge is 2.30. The summed E-state index contributed by atoms with van der Waals surface area (Å²) in [6.45, 7) is 0. The molecule has 0 spiro atoms. The number of hydrogen-bond acceptors (Lipinski definition) is 1. The average molecular weight is 267 g/mol. The lowest BCUT2D eigenvalue weighted by molar-refractivity contribution is 0.0685. The number of fused-ring (bicyclic) bond motifs is 1. The Morgan fingerprint density at radius 2 is 1.90 bits per heavy atom. The van der Waals surface area contributed by atoms with Gasteiger partial charge in [0.1, 0.15) is 5.69 Å². The van der Waals surface area contributed by atoms with Gasteiger partial charge in [-0.3, -0.25) is 0 Å². The second kappa shape index (κ2) is 4.23. The fourth-order valence-corrected chi connectivity index (χ4v) is 3.32. The van der Waals surface area contributed by atoms with Gasteiger partial charge in [0.15, 0.2) is 0 Å². The van der Waals surface area contributed by atoms with Gasteiger partial charge in [-0.2, -0.15) is 0 Å². The molecule has 102 valence electrons. The van der Waals surface area contributed by atoms with Gasteiger partial charge in [0.2, 0.25) is 0 Å². The Balaban J connectivity index is 1.84. The van der Waals surface area contributed by atoms with E-state index in [4.69, 9.17) is 0 Å². The highest BCUT2D eigenvalue weighted by atomic mass is 16.4. The van der Waals surface area contributed by atoms with Gasteiger partial charge in [0.05, 0.1) is 0 Å². The lowest BCUT2D eigenvalue weighted by atomic mass is 10.0. The monoisotopic (exact) mass is 267 g/mol. The predicted molar refractivity (Wildman–Crippen MR) is 77.1 cm³/mol. The highest BCUT2D eigenvalue weighted by Crippen LogP contribution is 2.41. The first kappa shape index (κ1) is 11.8. The van der Waals surface area contributed by atoms with Crippen LogP contribution in [0.4, 0.5) is 0 Å². The Hall–Kier alpha value is -2.03. The van der Waals surface area contributed by atoms with Gasteiger partial charge >= 0.3 is 5.97 Å². The Kier molecular flexibility index (Phi) is 2.49. The van der Waals surface area contributed by atoms with Crippen molar-refractivity contribution in [2.45, 2.75) is 38.1 Å². The van der Waals surface area contributed by atoms with Crippen molar-refractivity contribution in [2.75, 3.05) is 0 Å². The number of aromatic nitrogens is 1. The first-order valence-electron chi connectivity index (χ1n) is 7.31. The molecule has 0 aliphatic heterocycles. The molecule has 1 aromatic carbocycles. The molecule has 20 heavy (non-hydrogen) atoms. The summed E-state index contributed by atoms with van der Waals surface area (Å²) in [6.07, 6.45) is 5.75. The zero-order chi connectivity index (χ0) is 13.7. The van der Waals surface area contributed by atoms with Gasteiger partial charge in [-0.15, -0.1) is 0 Å². The van der Waals surface area contributed by atoms with E-state index in [1.54, 1.807) is 6.07 Å². The smallest absolute Gasteiger partial charge is 0.352 e. The summed E-state index contributed by atoms with van der Waals surface area (Å²) >= 11 is 0. The maximum absolute atomic E-state index is 11.4. The summed E-state index contributed by atoms with van der Waals surface area (Å²) in [6, 6.07) is 10.7. The molecular formula is C17H17NO2. The summed E-state index contributed by atoms with van der Waals surface area (Å²) in [4.78, 5) is 11.4. The van der Waals surface area contributed by atoms with E-state index in [1.807, 2.05) is 10.6 Å². The maximum atomic E-state index is 11.4. The molecule has 0 atom stereocenters. The third-order valence-corrected chi connectivity index (χ3v) is 4.44. The number of hydrogen-bond donors (Lipinski definition) is 1. The van der Waals surface area contributed by atoms with Crippen LogP contribution in [0.2, 0.25) is 0 Å². The third kappa shape index (κ3) is 1.77. The SMILES string of the molecule is O=C(O)c1ccc(-c2ccc3c(c2)CCC3)n1C1CC1. The molecule has 1 fully saturated rings. The molecule has 2 aliphatic carbocycles. The van der Waals surface area contributed by atoms with Crippen LogP contribution in [0, 0.1) is 0 Å². The van der Waals surface area contributed by atoms with Crippen molar-refractivity contribution in [1.82, 2.24) is 4.57 Å². The van der Waals surface area contributed by atoms with Crippen LogP contribution in [0.1, 0.15) is 46.9 Å². The molecule has 4 rings (SSSR count). The largest absolute Gasteiger partial charge is 0.477 e. The van der Waals surface area contributed by atoms with Gasteiger partial charge in [-0.25, -0.2) is 4.79 Å². The molecule has 0 amide bonds. The van der Waals surface area contributed by atoms with Crippen molar-refractivity contribution in [1.29, 1.82) is 0 Å². The van der Waals surface area contributed by atoms with Crippen molar-refractivity contribution in [3.8, 4) is 11.3 Å². The van der Waals surface area contributed by atoms with E-state index in [1.165, 1.54) is 24.0 Å². The van der Waals surface area contributed by atoms with E-state index in [0.29, 0.717) is 11.7 Å². The standard InChI is InChI=1S/C17H17NO2/c19-17(20)16-9-8-15(18(16)14-6-7-14)13-5-4-11-2-1-3-12(11)10-13/h4-5,8-10,14H,1-3,6-7H2,(H,19,20). The highest BCUT2D eigenvalue weighted by molar-refractivity contribution is 5.87. The quantitative estimate of drug-likeness (QED) is 0.921. The van der Waals surface area contributed by atoms with Crippen molar-refractivity contribution in [2.24, 2.45) is 0 Å². The molecule has 3 heteroatoms. The molecule has 0 saturated heterocycles. The van der Waals surface area contributed by atoms with Gasteiger partial charge in [0.25, 0.3) is 0 Å². The molecule has 1 saturated carbocycles. The zero-order valence-electron chi connectivity index (χ0n) is 11.3. The molecule has 1 aromatic heterocycles. The number of aromatic carboxylic acids is 1. The van der Waals surface area contributed by atoms with Gasteiger partial charge < -0.3 is 9.67 Å². The van der Waals surface area contributed by atoms with E-state index in [-0.39, 0.29) is 0 Å². The van der Waals surface area contributed by atoms with Crippen LogP contribution in [0.15, 0.2) is 30.3 Å². The fourth-order valence-electron chi connectivity index (χ4n) is 3.32. The molecule has 0 radical (unpaired) electrons. The first-order chi connectivity index (χ1) is 9.74. The Morgan fingerprint density at radius 3 is 2.65 bits per heavy atom. The van der Waals surface area contributed by atoms with Gasteiger partial charge in [0, 0.05) is 11.7 Å². The number of benzene rings is 1. The minimum atomic E-state index is -0.829. The number of carbonyl (C=O) groups is 1. The summed E-state index contributed by atoms with van der Waals surface area (Å²) in [7, 11) is 0. The maximum Gasteiger partial charge on any atom is 0.352 e. The summed E-state index contributed by atoms with van der Waals surface area (Å²) < 4.78 is 2.01. The Bertz CT molecular complexity index is 695. The number of rotatable bonds is 3. The minimum Gasteiger partial charge on any atom is -0.477 e. The van der Waals surface area contributed by atoms with Crippen LogP contribution >= 0.6 is 0 Å². The molecule has 0 bridgehead atoms. The molecule has 1 heterocycles. The van der Waals surface area contributed by atoms with Crippen molar-refractivity contribution in [3.05, 3.63) is 47.2 Å². The van der Waals surface area contributed by atoms with E-state index in [2.05, 4.69) is 18.2 Å². The average Bonchev–Trinajstić information content (AvgIpc) is 3.02. The van der Waals surface area contributed by atoms with Crippen molar-refractivity contribution >= 4 is 5.97 Å². The first-order valence-corrected chi connectivity index (χ1v) is 7.31. The lowest BCUT2D eigenvalue weighted by Crippen LogP contribution is -2.08. The second-order valence-corrected chi connectivity index (χ2v) is 5.85. The second-order valence-electron chi connectivity index (χ2n) is 5.85. The lowest BCUT2D eigenvalue weighted by Gasteiger charge is -2.12. The van der Waals surface area contributed by atoms with Crippen LogP contribution in [0.5, 0.6) is 0 Å². The molecule has 2 aliphatic rings. The summed E-state index contributed by atoms with van der Waals surface area (Å²) in [5.74, 6) is -0.829. The number of carboxylic acids is 1. The van der Waals surface area contributed by atoms with Crippen LogP contribution in [-0.2, 0) is 12.8 Å². The zero-order valence-corrected chi connectivity index (χ0v) is 11.3. The third-order valence-electron chi connectivity index (χ3n) is 4.44. The van der Waals surface area contributed by atoms with Crippen molar-refractivity contribution < 1.29 is 9.90 Å². The van der Waals surface area contributed by atoms with Crippen LogP contribution in [0.25, 0.3) is 11.3 Å². The van der Waals surface area contributed by atoms with Gasteiger partial charge in [-0.1, -0.05) is 12.1 Å². The van der Waals surface area contributed by atoms with Crippen LogP contribution in [-0.4, -0.2) is 15.6 Å². The molecule has 1 N–H and O–H groups in total. The number of aryl methyl sites for hydroxylation is 2. The summed E-state index contributed by atoms with van der Waals surface area (Å²) in [5.41, 5.74) is 5.52. The van der Waals surface area contributed by atoms with E-state index in [0.717, 1.165) is 30.5 Å². The van der Waals surface area contributed by atoms with Crippen LogP contribution < -0.4 is 0 Å². The Labute approximate surface area is 117 Å². The van der Waals surface area contributed by atoms with Crippen LogP contribution in [0.3, 0.4) is 0 Å². The molecule has 2 aromatic rings. The number of nitrogens with zero attached hydrogens (tertiary/aromatic N) is 1. The normalized spacial score (nSPS) is 17.2. The summed E-state index contributed by atoms with van der Waals surface area (Å²) in [5, 5.41) is 9.34. The molecule has 0 unspecified atom stereocenters. The molecular weight excluding hydrogens is 250 g/mol. The minimum absolute atomic E-state index is 0.374. The topological polar surface area (TPSA) is 42.2 Å². The number of carboxylic acid groups (broad SMARTS) is 1. The van der Waals surface area contributed by atoms with Crippen molar-refractivity contribution in [3.63, 3.8) is 0 Å². The Morgan fingerprint density at radius 1 is 1.10 bits per heavy atom. The fraction of sp³-hybridized carbons (Fsp3) is 0.353. The van der Waals surface area contributed by atoms with E-state index >= 15 is 0 Å². The predicted octanol–water partition coefficient (Wildman–Crippen LogP) is 3.68. The molecule has 3 nitrogen and oxygen atoms in total. The van der Waals surface area contributed by atoms with Gasteiger partial charge in [-0.05, 0) is 67.0 Å². The van der Waals surface area contributed by atoms with E-state index in [9.17, 15) is 9.90 Å².